The van der Waals surface area contributed by atoms with Gasteiger partial charge in [0.15, 0.2) is 0 Å². The third-order valence-corrected chi connectivity index (χ3v) is 3.31. The van der Waals surface area contributed by atoms with E-state index in [1.807, 2.05) is 18.2 Å². The van der Waals surface area contributed by atoms with Crippen LogP contribution in [0.25, 0.3) is 0 Å². The van der Waals surface area contributed by atoms with Gasteiger partial charge >= 0.3 is 0 Å². The summed E-state index contributed by atoms with van der Waals surface area (Å²) >= 11 is 5.98. The van der Waals surface area contributed by atoms with Crippen LogP contribution in [-0.2, 0) is 6.42 Å². The van der Waals surface area contributed by atoms with Gasteiger partial charge in [-0.25, -0.2) is 0 Å². The van der Waals surface area contributed by atoms with Gasteiger partial charge in [0.1, 0.15) is 0 Å². The molecule has 0 amide bonds. The third kappa shape index (κ3) is 5.53. The first-order valence-corrected chi connectivity index (χ1v) is 6.74. The molecular weight excluding hydrogens is 232 g/mol. The molecule has 2 unspecified atom stereocenters. The van der Waals surface area contributed by atoms with E-state index in [0.717, 1.165) is 17.9 Å². The fraction of sp³-hybridized carbons (Fsp3) is 0.571. The third-order valence-electron chi connectivity index (χ3n) is 3.08. The van der Waals surface area contributed by atoms with Gasteiger partial charge in [0.05, 0.1) is 0 Å². The summed E-state index contributed by atoms with van der Waals surface area (Å²) in [5.74, 6) is 6.33. The highest BCUT2D eigenvalue weighted by atomic mass is 35.5. The van der Waals surface area contributed by atoms with Crippen LogP contribution in [0.4, 0.5) is 0 Å². The zero-order valence-electron chi connectivity index (χ0n) is 10.7. The van der Waals surface area contributed by atoms with Gasteiger partial charge in [-0.1, -0.05) is 50.4 Å². The number of hydrogen-bond donors (Lipinski definition) is 2. The van der Waals surface area contributed by atoms with Crippen LogP contribution < -0.4 is 11.3 Å². The second kappa shape index (κ2) is 7.70. The number of halogens is 1. The lowest BCUT2D eigenvalue weighted by Crippen LogP contribution is -2.38. The molecule has 2 nitrogen and oxygen atoms in total. The van der Waals surface area contributed by atoms with Gasteiger partial charge in [0.2, 0.25) is 0 Å². The van der Waals surface area contributed by atoms with Gasteiger partial charge in [-0.15, -0.1) is 0 Å². The highest BCUT2D eigenvalue weighted by Crippen LogP contribution is 2.17. The van der Waals surface area contributed by atoms with Crippen molar-refractivity contribution in [2.24, 2.45) is 11.8 Å². The first-order valence-electron chi connectivity index (χ1n) is 6.36. The maximum atomic E-state index is 5.98. The Kier molecular flexibility index (Phi) is 6.56. The van der Waals surface area contributed by atoms with E-state index in [9.17, 15) is 0 Å². The zero-order chi connectivity index (χ0) is 12.7. The van der Waals surface area contributed by atoms with Crippen LogP contribution in [-0.4, -0.2) is 6.04 Å². The smallest absolute Gasteiger partial charge is 0.0408 e. The van der Waals surface area contributed by atoms with E-state index in [0.29, 0.717) is 12.0 Å². The molecule has 0 aromatic heterocycles. The van der Waals surface area contributed by atoms with Gasteiger partial charge in [-0.05, 0) is 36.5 Å². The summed E-state index contributed by atoms with van der Waals surface area (Å²) in [7, 11) is 0. The van der Waals surface area contributed by atoms with Crippen molar-refractivity contribution in [2.75, 3.05) is 0 Å². The largest absolute Gasteiger partial charge is 0.271 e. The topological polar surface area (TPSA) is 38.0 Å². The monoisotopic (exact) mass is 254 g/mol. The maximum absolute atomic E-state index is 5.98. The minimum Gasteiger partial charge on any atom is -0.271 e. The highest BCUT2D eigenvalue weighted by molar-refractivity contribution is 6.30. The van der Waals surface area contributed by atoms with E-state index in [1.165, 1.54) is 18.4 Å². The Bertz CT molecular complexity index is 328. The molecule has 0 fully saturated rings. The predicted molar refractivity (Wildman–Crippen MR) is 75.0 cm³/mol. The highest BCUT2D eigenvalue weighted by Gasteiger charge is 2.12. The van der Waals surface area contributed by atoms with E-state index in [4.69, 9.17) is 17.4 Å². The molecule has 1 aromatic rings. The number of nitrogens with one attached hydrogen (secondary N) is 1. The quantitative estimate of drug-likeness (QED) is 0.577. The van der Waals surface area contributed by atoms with Gasteiger partial charge in [0, 0.05) is 11.1 Å². The van der Waals surface area contributed by atoms with Gasteiger partial charge in [0.25, 0.3) is 0 Å². The summed E-state index contributed by atoms with van der Waals surface area (Å²) in [4.78, 5) is 0. The normalized spacial score (nSPS) is 14.6. The van der Waals surface area contributed by atoms with Crippen LogP contribution in [0.15, 0.2) is 24.3 Å². The average Bonchev–Trinajstić information content (AvgIpc) is 2.28. The van der Waals surface area contributed by atoms with Crippen LogP contribution in [0.5, 0.6) is 0 Å². The summed E-state index contributed by atoms with van der Waals surface area (Å²) in [6.45, 7) is 4.50. The Morgan fingerprint density at radius 3 is 2.76 bits per heavy atom. The molecule has 0 heterocycles. The number of hydrazine groups is 1. The minimum absolute atomic E-state index is 0.329. The summed E-state index contributed by atoms with van der Waals surface area (Å²) in [6.07, 6.45) is 4.53. The van der Waals surface area contributed by atoms with E-state index in [-0.39, 0.29) is 0 Å². The van der Waals surface area contributed by atoms with Crippen molar-refractivity contribution < 1.29 is 0 Å². The fourth-order valence-corrected chi connectivity index (χ4v) is 2.47. The molecule has 0 radical (unpaired) electrons. The van der Waals surface area contributed by atoms with Crippen LogP contribution in [0.3, 0.4) is 0 Å². The first-order chi connectivity index (χ1) is 8.15. The van der Waals surface area contributed by atoms with Crippen molar-refractivity contribution in [2.45, 2.75) is 45.6 Å². The number of hydrogen-bond acceptors (Lipinski definition) is 2. The summed E-state index contributed by atoms with van der Waals surface area (Å²) < 4.78 is 0. The van der Waals surface area contributed by atoms with E-state index in [1.54, 1.807) is 0 Å². The SMILES string of the molecule is CCCC(C)CC(Cc1cccc(Cl)c1)NN. The first kappa shape index (κ1) is 14.5. The molecule has 0 saturated carbocycles. The van der Waals surface area contributed by atoms with Crippen molar-refractivity contribution in [1.82, 2.24) is 5.43 Å². The van der Waals surface area contributed by atoms with Crippen molar-refractivity contribution in [3.63, 3.8) is 0 Å². The molecule has 0 aliphatic carbocycles. The lowest BCUT2D eigenvalue weighted by atomic mass is 9.94. The molecule has 2 atom stereocenters. The van der Waals surface area contributed by atoms with Crippen molar-refractivity contribution in [1.29, 1.82) is 0 Å². The van der Waals surface area contributed by atoms with Gasteiger partial charge in [-0.3, -0.25) is 11.3 Å². The predicted octanol–water partition coefficient (Wildman–Crippen LogP) is 3.54. The molecule has 17 heavy (non-hydrogen) atoms. The molecule has 3 N–H and O–H groups in total. The van der Waals surface area contributed by atoms with Crippen molar-refractivity contribution in [3.8, 4) is 0 Å². The fourth-order valence-electron chi connectivity index (χ4n) is 2.26. The van der Waals surface area contributed by atoms with Gasteiger partial charge < -0.3 is 0 Å². The van der Waals surface area contributed by atoms with E-state index < -0.39 is 0 Å². The van der Waals surface area contributed by atoms with E-state index >= 15 is 0 Å². The molecule has 1 aromatic carbocycles. The summed E-state index contributed by atoms with van der Waals surface area (Å²) in [5, 5.41) is 0.792. The number of benzene rings is 1. The van der Waals surface area contributed by atoms with Gasteiger partial charge in [-0.2, -0.15) is 0 Å². The second-order valence-corrected chi connectivity index (χ2v) is 5.26. The molecular formula is C14H23ClN2. The molecule has 1 rings (SSSR count). The lowest BCUT2D eigenvalue weighted by Gasteiger charge is -2.20. The van der Waals surface area contributed by atoms with Crippen LogP contribution >= 0.6 is 11.6 Å². The molecule has 0 aliphatic heterocycles. The van der Waals surface area contributed by atoms with Crippen LogP contribution in [0.2, 0.25) is 5.02 Å². The Morgan fingerprint density at radius 2 is 2.18 bits per heavy atom. The Hall–Kier alpha value is -0.570. The van der Waals surface area contributed by atoms with Crippen molar-refractivity contribution in [3.05, 3.63) is 34.9 Å². The van der Waals surface area contributed by atoms with Crippen LogP contribution in [0.1, 0.15) is 38.7 Å². The van der Waals surface area contributed by atoms with Crippen LogP contribution in [0, 0.1) is 5.92 Å². The molecule has 0 spiro atoms. The maximum Gasteiger partial charge on any atom is 0.0408 e. The average molecular weight is 255 g/mol. The molecule has 96 valence electrons. The zero-order valence-corrected chi connectivity index (χ0v) is 11.5. The Morgan fingerprint density at radius 1 is 1.41 bits per heavy atom. The van der Waals surface area contributed by atoms with E-state index in [2.05, 4.69) is 25.3 Å². The summed E-state index contributed by atoms with van der Waals surface area (Å²) in [6, 6.07) is 8.32. The second-order valence-electron chi connectivity index (χ2n) is 4.83. The number of rotatable bonds is 7. The number of nitrogens with two attached hydrogens (primary N) is 1. The Balaban J connectivity index is 2.51. The molecule has 0 bridgehead atoms. The Labute approximate surface area is 110 Å². The summed E-state index contributed by atoms with van der Waals surface area (Å²) in [5.41, 5.74) is 4.16. The minimum atomic E-state index is 0.329. The molecule has 3 heteroatoms. The lowest BCUT2D eigenvalue weighted by molar-refractivity contribution is 0.385. The molecule has 0 aliphatic rings. The van der Waals surface area contributed by atoms with Crippen molar-refractivity contribution >= 4 is 11.6 Å². The molecule has 0 saturated heterocycles. The standard InChI is InChI=1S/C14H23ClN2/c1-3-5-11(2)8-14(17-16)10-12-6-4-7-13(15)9-12/h4,6-7,9,11,14,17H,3,5,8,10,16H2,1-2H3.